The smallest absolute Gasteiger partial charge is 0.408 e. The molecular weight excluding hydrogens is 885 g/mol. The molecule has 2 aromatic carbocycles. The summed E-state index contributed by atoms with van der Waals surface area (Å²) in [7, 11) is 2.70. The van der Waals surface area contributed by atoms with Gasteiger partial charge in [-0.2, -0.15) is 0 Å². The fourth-order valence-corrected chi connectivity index (χ4v) is 10.6. The number of aromatic nitrogens is 2. The molecule has 4 saturated carbocycles. The number of ether oxygens (including phenoxy) is 3. The van der Waals surface area contributed by atoms with E-state index < -0.39 is 92.8 Å². The quantitative estimate of drug-likeness (QED) is 0.133. The van der Waals surface area contributed by atoms with Crippen molar-refractivity contribution in [3.05, 3.63) is 67.7 Å². The number of nitrogens with one attached hydrogen (secondary N) is 1. The fraction of sp³-hybridized carbons (Fsp3) is 0.553. The largest absolute Gasteiger partial charge is 0.492 e. The molecule has 5 N–H and O–H groups in total. The number of anilines is 2. The Hall–Kier alpha value is -6.05. The van der Waals surface area contributed by atoms with Crippen molar-refractivity contribution in [2.45, 2.75) is 114 Å². The summed E-state index contributed by atoms with van der Waals surface area (Å²) >= 11 is 0. The summed E-state index contributed by atoms with van der Waals surface area (Å²) in [6.07, 6.45) is 3.24. The number of carboxylic acids is 2. The minimum absolute atomic E-state index is 0.0282. The number of fused-ring (bicyclic) bond motifs is 2. The summed E-state index contributed by atoms with van der Waals surface area (Å²) < 4.78 is 78.7. The molecule has 67 heavy (non-hydrogen) atoms. The van der Waals surface area contributed by atoms with Crippen molar-refractivity contribution in [1.29, 1.82) is 0 Å². The van der Waals surface area contributed by atoms with E-state index in [-0.39, 0.29) is 74.9 Å². The minimum atomic E-state index is -1.47. The average molecular weight is 939 g/mol. The van der Waals surface area contributed by atoms with E-state index in [2.05, 4.69) is 5.32 Å². The fourth-order valence-electron chi connectivity index (χ4n) is 10.6. The number of halogens is 4. The van der Waals surface area contributed by atoms with E-state index in [1.54, 1.807) is 25.7 Å². The lowest BCUT2D eigenvalue weighted by Crippen LogP contribution is -2.54. The molecule has 2 aromatic heterocycles. The maximum atomic E-state index is 15.8. The first kappa shape index (κ1) is 46.1. The Morgan fingerprint density at radius 1 is 0.731 bits per heavy atom. The van der Waals surface area contributed by atoms with Crippen molar-refractivity contribution in [3.8, 4) is 11.5 Å². The lowest BCUT2D eigenvalue weighted by Gasteiger charge is -2.33. The molecule has 0 radical (unpaired) electrons. The average Bonchev–Trinajstić information content (AvgIpc) is 4.06. The predicted octanol–water partition coefficient (Wildman–Crippen LogP) is 6.46. The first-order valence-corrected chi connectivity index (χ1v) is 22.3. The van der Waals surface area contributed by atoms with Crippen LogP contribution in [-0.2, 0) is 4.74 Å². The van der Waals surface area contributed by atoms with Crippen molar-refractivity contribution in [1.82, 2.24) is 14.5 Å². The van der Waals surface area contributed by atoms with Crippen LogP contribution >= 0.6 is 0 Å². The van der Waals surface area contributed by atoms with Gasteiger partial charge in [0, 0.05) is 67.8 Å². The summed E-state index contributed by atoms with van der Waals surface area (Å²) in [6, 6.07) is 0.747. The van der Waals surface area contributed by atoms with Gasteiger partial charge in [-0.05, 0) is 72.4 Å². The Balaban J connectivity index is 0.000000171. The molecule has 4 heterocycles. The van der Waals surface area contributed by atoms with Gasteiger partial charge in [-0.3, -0.25) is 9.59 Å². The Labute approximate surface area is 381 Å². The van der Waals surface area contributed by atoms with Gasteiger partial charge in [-0.1, -0.05) is 0 Å². The zero-order valence-electron chi connectivity index (χ0n) is 38.2. The highest BCUT2D eigenvalue weighted by molar-refractivity contribution is 5.98. The number of carboxylic acid groups (broad SMARTS) is 2. The summed E-state index contributed by atoms with van der Waals surface area (Å²) in [5.41, 5.74) is 2.08. The van der Waals surface area contributed by atoms with Gasteiger partial charge in [0.25, 0.3) is 0 Å². The number of alkyl halides is 2. The van der Waals surface area contributed by atoms with Gasteiger partial charge in [0.2, 0.25) is 10.9 Å². The third-order valence-corrected chi connectivity index (χ3v) is 14.9. The van der Waals surface area contributed by atoms with E-state index in [1.165, 1.54) is 23.4 Å². The minimum Gasteiger partial charge on any atom is -0.492 e. The second-order valence-electron chi connectivity index (χ2n) is 20.7. The maximum Gasteiger partial charge on any atom is 0.408 e. The molecule has 20 heteroatoms. The van der Waals surface area contributed by atoms with Gasteiger partial charge in [0.1, 0.15) is 40.4 Å². The lowest BCUT2D eigenvalue weighted by molar-refractivity contribution is 0.0439. The molecule has 2 unspecified atom stereocenters. The molecule has 360 valence electrons. The molecule has 2 spiro atoms. The second-order valence-corrected chi connectivity index (χ2v) is 20.7. The number of rotatable bonds is 9. The van der Waals surface area contributed by atoms with Crippen molar-refractivity contribution < 1.29 is 56.4 Å². The van der Waals surface area contributed by atoms with Gasteiger partial charge >= 0.3 is 18.0 Å². The maximum absolute atomic E-state index is 15.8. The van der Waals surface area contributed by atoms with Crippen LogP contribution < -0.4 is 41.2 Å². The van der Waals surface area contributed by atoms with Crippen LogP contribution in [0.4, 0.5) is 33.7 Å². The zero-order chi connectivity index (χ0) is 48.7. The number of hydrogen-bond acceptors (Lipinski definition) is 11. The summed E-state index contributed by atoms with van der Waals surface area (Å²) in [5.74, 6) is -4.23. The van der Waals surface area contributed by atoms with Gasteiger partial charge in [-0.25, -0.2) is 31.9 Å². The molecule has 1 amide bonds. The van der Waals surface area contributed by atoms with Gasteiger partial charge in [-0.15, -0.1) is 0 Å². The monoisotopic (exact) mass is 938 g/mol. The molecule has 4 aliphatic carbocycles. The predicted molar refractivity (Wildman–Crippen MR) is 239 cm³/mol. The Morgan fingerprint density at radius 3 is 1.48 bits per heavy atom. The molecule has 6 fully saturated rings. The molecule has 16 nitrogen and oxygen atoms in total. The Bertz CT molecular complexity index is 2920. The van der Waals surface area contributed by atoms with Crippen LogP contribution in [0.15, 0.2) is 34.1 Å². The van der Waals surface area contributed by atoms with Crippen molar-refractivity contribution in [2.24, 2.45) is 16.6 Å². The van der Waals surface area contributed by atoms with Crippen molar-refractivity contribution in [2.75, 3.05) is 50.2 Å². The van der Waals surface area contributed by atoms with E-state index in [9.17, 15) is 43.0 Å². The van der Waals surface area contributed by atoms with E-state index in [1.807, 2.05) is 18.7 Å². The van der Waals surface area contributed by atoms with Crippen LogP contribution in [-0.4, -0.2) is 107 Å². The highest BCUT2D eigenvalue weighted by atomic mass is 19.1. The number of carbonyl (C=O) groups is 3. The van der Waals surface area contributed by atoms with Crippen LogP contribution in [0.25, 0.3) is 21.8 Å². The number of nitrogens with zero attached hydrogens (tertiary/aromatic N) is 4. The highest BCUT2D eigenvalue weighted by Crippen LogP contribution is 2.61. The number of alkyl carbamates (subject to hydrolysis) is 1. The van der Waals surface area contributed by atoms with Crippen molar-refractivity contribution in [3.63, 3.8) is 0 Å². The number of amides is 1. The Kier molecular flexibility index (Phi) is 10.5. The molecule has 0 bridgehead atoms. The van der Waals surface area contributed by atoms with E-state index in [4.69, 9.17) is 19.9 Å². The highest BCUT2D eigenvalue weighted by Gasteiger charge is 2.64. The van der Waals surface area contributed by atoms with Crippen molar-refractivity contribution >= 4 is 51.2 Å². The molecule has 2 aliphatic heterocycles. The van der Waals surface area contributed by atoms with Crippen LogP contribution in [0.3, 0.4) is 0 Å². The molecule has 10 rings (SSSR count). The number of methoxy groups -OCH3 is 2. The van der Waals surface area contributed by atoms with E-state index in [0.29, 0.717) is 19.6 Å². The molecule has 6 aliphatic rings. The Morgan fingerprint density at radius 2 is 1.13 bits per heavy atom. The molecular formula is C47H54F4N6O10. The van der Waals surface area contributed by atoms with Crippen LogP contribution in [0.2, 0.25) is 0 Å². The summed E-state index contributed by atoms with van der Waals surface area (Å²) in [4.78, 5) is 65.3. The molecule has 2 saturated heterocycles. The van der Waals surface area contributed by atoms with E-state index >= 15 is 8.78 Å². The van der Waals surface area contributed by atoms with E-state index in [0.717, 1.165) is 50.2 Å². The molecule has 6 atom stereocenters. The number of hydrogen-bond donors (Lipinski definition) is 4. The standard InChI is InChI=1S/C26H31F2N3O6.C21H23F2N3O4/c1-24(2,3)37-23(35)29-25(4)11-30(12-26(25)6-7-26)19-16(28)8-13-18(21(19)36-5)31(17-9-15(17)27)10-14(20(13)32)22(33)34;1-20(24)8-25(9-21(20)3-4-21)16-13(23)5-10-15(18(16)30-2)26(14-6-12(14)22)7-11(17(10)27)19(28)29/h8,10,15,17H,6-7,9,11-12H2,1-5H3,(H,29,35)(H,33,34);5,7,12,14H,3-4,6,8-9,24H2,1-2H3,(H,28,29)/t15-,17+,25?;12-,14+,20?/m00/s1. The normalized spacial score (nSPS) is 27.2. The second kappa shape index (κ2) is 15.2. The zero-order valence-corrected chi connectivity index (χ0v) is 38.2. The lowest BCUT2D eigenvalue weighted by atomic mass is 9.86. The summed E-state index contributed by atoms with van der Waals surface area (Å²) in [5, 5.41) is 21.6. The van der Waals surface area contributed by atoms with Crippen LogP contribution in [0.5, 0.6) is 11.5 Å². The van der Waals surface area contributed by atoms with Gasteiger partial charge in [0.15, 0.2) is 23.1 Å². The van der Waals surface area contributed by atoms with Gasteiger partial charge in [0.05, 0.1) is 53.6 Å². The number of benzene rings is 2. The van der Waals surface area contributed by atoms with Gasteiger partial charge < -0.3 is 54.4 Å². The number of nitrogens with two attached hydrogens (primary N) is 1. The SMILES string of the molecule is COc1c(N2CC(C)(N)C3(CC3)C2)c(F)cc2c(=O)c(C(=O)O)cn([C@@H]3C[C@@H]3F)c12.COc1c(N2CC3(CC3)C(C)(NC(=O)OC(C)(C)C)C2)c(F)cc2c(=O)c(C(=O)O)cn([C@@H]3C[C@@H]3F)c12. The van der Waals surface area contributed by atoms with Crippen LogP contribution in [0.1, 0.15) is 106 Å². The third kappa shape index (κ3) is 7.49. The number of aromatic carboxylic acids is 2. The number of carbonyl (C=O) groups excluding carboxylic acids is 1. The first-order chi connectivity index (χ1) is 31.3. The summed E-state index contributed by atoms with van der Waals surface area (Å²) in [6.45, 7) is 10.8. The number of pyridine rings is 2. The van der Waals surface area contributed by atoms with Crippen LogP contribution in [0, 0.1) is 22.5 Å². The topological polar surface area (TPSA) is 208 Å². The first-order valence-electron chi connectivity index (χ1n) is 22.3. The molecule has 4 aromatic rings. The third-order valence-electron chi connectivity index (χ3n) is 14.9.